The van der Waals surface area contributed by atoms with Crippen molar-refractivity contribution in [2.45, 2.75) is 17.2 Å². The van der Waals surface area contributed by atoms with Crippen LogP contribution in [0.4, 0.5) is 0 Å². The number of hydrogen-bond donors (Lipinski definition) is 0. The van der Waals surface area contributed by atoms with Crippen molar-refractivity contribution < 1.29 is 0 Å². The Bertz CT molecular complexity index is 433. The molecule has 15 heavy (non-hydrogen) atoms. The summed E-state index contributed by atoms with van der Waals surface area (Å²) < 4.78 is 0. The van der Waals surface area contributed by atoms with Crippen LogP contribution < -0.4 is 0 Å². The van der Waals surface area contributed by atoms with Gasteiger partial charge in [0.2, 0.25) is 0 Å². The minimum atomic E-state index is 0.118. The molecule has 0 spiro atoms. The zero-order valence-corrected chi connectivity index (χ0v) is 9.19. The number of fused-ring (bicyclic) bond motifs is 5. The van der Waals surface area contributed by atoms with Crippen LogP contribution in [0.15, 0.2) is 49.1 Å². The zero-order valence-electron chi connectivity index (χ0n) is 8.44. The predicted molar refractivity (Wildman–Crippen MR) is 64.4 cm³/mol. The van der Waals surface area contributed by atoms with E-state index < -0.39 is 0 Å². The van der Waals surface area contributed by atoms with Gasteiger partial charge in [0.05, 0.1) is 5.38 Å². The van der Waals surface area contributed by atoms with Gasteiger partial charge in [0, 0.05) is 11.8 Å². The van der Waals surface area contributed by atoms with Gasteiger partial charge in [-0.05, 0) is 17.0 Å². The average molecular weight is 217 g/mol. The lowest BCUT2D eigenvalue weighted by Crippen LogP contribution is -2.20. The van der Waals surface area contributed by atoms with Crippen LogP contribution >= 0.6 is 11.6 Å². The summed E-state index contributed by atoms with van der Waals surface area (Å²) in [6.45, 7) is 3.95. The molecule has 0 aromatic heterocycles. The molecule has 3 rings (SSSR count). The molecule has 3 unspecified atom stereocenters. The largest absolute Gasteiger partial charge is 0.118 e. The molecular weight excluding hydrogens is 204 g/mol. The van der Waals surface area contributed by atoms with Gasteiger partial charge in [-0.25, -0.2) is 0 Å². The summed E-state index contributed by atoms with van der Waals surface area (Å²) in [5.74, 6) is 1.41. The van der Waals surface area contributed by atoms with Crippen molar-refractivity contribution in [3.8, 4) is 0 Å². The van der Waals surface area contributed by atoms with E-state index in [2.05, 4.69) is 49.1 Å². The summed E-state index contributed by atoms with van der Waals surface area (Å²) in [6.07, 6.45) is 6.44. The molecule has 2 aliphatic carbocycles. The molecule has 2 aliphatic rings. The Morgan fingerprint density at radius 2 is 1.87 bits per heavy atom. The minimum Gasteiger partial charge on any atom is -0.118 e. The lowest BCUT2D eigenvalue weighted by atomic mass is 9.81. The van der Waals surface area contributed by atoms with Gasteiger partial charge >= 0.3 is 0 Å². The molecule has 0 radical (unpaired) electrons. The number of allylic oxidation sites excluding steroid dienone is 3. The van der Waals surface area contributed by atoms with Crippen molar-refractivity contribution in [1.29, 1.82) is 0 Å². The molecule has 0 amide bonds. The fourth-order valence-corrected chi connectivity index (χ4v) is 3.40. The molecule has 0 heterocycles. The van der Waals surface area contributed by atoms with Crippen molar-refractivity contribution >= 4 is 11.6 Å². The Morgan fingerprint density at radius 3 is 2.60 bits per heavy atom. The highest BCUT2D eigenvalue weighted by atomic mass is 35.5. The van der Waals surface area contributed by atoms with Crippen LogP contribution in [0.2, 0.25) is 0 Å². The maximum atomic E-state index is 6.38. The second-order valence-corrected chi connectivity index (χ2v) is 4.83. The van der Waals surface area contributed by atoms with Crippen molar-refractivity contribution in [2.75, 3.05) is 0 Å². The molecule has 0 N–H and O–H groups in total. The number of rotatable bonds is 1. The highest BCUT2D eigenvalue weighted by molar-refractivity contribution is 6.22. The summed E-state index contributed by atoms with van der Waals surface area (Å²) >= 11 is 6.38. The van der Waals surface area contributed by atoms with Crippen LogP contribution in [0, 0.1) is 5.92 Å². The second kappa shape index (κ2) is 3.24. The third-order valence-electron chi connectivity index (χ3n) is 3.66. The molecule has 76 valence electrons. The highest BCUT2D eigenvalue weighted by Gasteiger charge is 2.42. The Morgan fingerprint density at radius 1 is 1.13 bits per heavy atom. The van der Waals surface area contributed by atoms with E-state index >= 15 is 0 Å². The van der Waals surface area contributed by atoms with Gasteiger partial charge in [0.1, 0.15) is 0 Å². The molecule has 0 aliphatic heterocycles. The van der Waals surface area contributed by atoms with Crippen LogP contribution in [-0.4, -0.2) is 5.38 Å². The van der Waals surface area contributed by atoms with Crippen LogP contribution in [-0.2, 0) is 0 Å². The van der Waals surface area contributed by atoms with Crippen LogP contribution in [0.3, 0.4) is 0 Å². The Kier molecular flexibility index (Phi) is 2.00. The smallest absolute Gasteiger partial charge is 0.0590 e. The van der Waals surface area contributed by atoms with E-state index in [1.807, 2.05) is 0 Å². The first-order valence-corrected chi connectivity index (χ1v) is 5.80. The van der Waals surface area contributed by atoms with E-state index in [0.717, 1.165) is 0 Å². The second-order valence-electron chi connectivity index (χ2n) is 4.32. The number of hydrogen-bond acceptors (Lipinski definition) is 0. The highest BCUT2D eigenvalue weighted by Crippen LogP contribution is 2.53. The summed E-state index contributed by atoms with van der Waals surface area (Å²) in [5, 5.41) is 0.118. The topological polar surface area (TPSA) is 0 Å². The van der Waals surface area contributed by atoms with Crippen LogP contribution in [0.25, 0.3) is 0 Å². The van der Waals surface area contributed by atoms with Gasteiger partial charge in [-0.3, -0.25) is 0 Å². The Balaban J connectivity index is 2.21. The summed E-state index contributed by atoms with van der Waals surface area (Å²) in [4.78, 5) is 0. The normalized spacial score (nSPS) is 36.3. The number of benzene rings is 1. The number of halogens is 1. The van der Waals surface area contributed by atoms with E-state index in [0.29, 0.717) is 17.8 Å². The monoisotopic (exact) mass is 216 g/mol. The molecule has 1 aromatic carbocycles. The minimum absolute atomic E-state index is 0.118. The van der Waals surface area contributed by atoms with Gasteiger partial charge in [-0.15, -0.1) is 18.2 Å². The van der Waals surface area contributed by atoms with E-state index in [4.69, 9.17) is 11.6 Å². The number of alkyl halides is 1. The third-order valence-corrected chi connectivity index (χ3v) is 4.08. The maximum absolute atomic E-state index is 6.38. The fourth-order valence-electron chi connectivity index (χ4n) is 3.01. The molecule has 4 atom stereocenters. The zero-order chi connectivity index (χ0) is 10.4. The lowest BCUT2D eigenvalue weighted by molar-refractivity contribution is 0.503. The van der Waals surface area contributed by atoms with Crippen molar-refractivity contribution in [1.82, 2.24) is 0 Å². The standard InChI is InChI=1S/C14H13Cl/c1-2-9-11-7-8-13(15)14(9)12-6-4-3-5-10(11)12/h2-9,11,13-14H,1H2/t9?,11?,13-,14?/m0/s1. The predicted octanol–water partition coefficient (Wildman–Crippen LogP) is 3.85. The Hall–Kier alpha value is -1.01. The third kappa shape index (κ3) is 1.15. The van der Waals surface area contributed by atoms with Crippen molar-refractivity contribution in [2.24, 2.45) is 5.92 Å². The molecule has 1 heteroatoms. The first-order valence-electron chi connectivity index (χ1n) is 5.36. The lowest BCUT2D eigenvalue weighted by Gasteiger charge is -2.27. The molecule has 0 saturated heterocycles. The van der Waals surface area contributed by atoms with Gasteiger partial charge in [-0.2, -0.15) is 0 Å². The van der Waals surface area contributed by atoms with E-state index in [9.17, 15) is 0 Å². The first kappa shape index (κ1) is 9.23. The van der Waals surface area contributed by atoms with Crippen molar-refractivity contribution in [3.63, 3.8) is 0 Å². The van der Waals surface area contributed by atoms with Crippen LogP contribution in [0.5, 0.6) is 0 Å². The summed E-state index contributed by atoms with van der Waals surface area (Å²) in [7, 11) is 0. The van der Waals surface area contributed by atoms with Gasteiger partial charge in [0.15, 0.2) is 0 Å². The fraction of sp³-hybridized carbons (Fsp3) is 0.286. The van der Waals surface area contributed by atoms with Gasteiger partial charge in [-0.1, -0.05) is 42.5 Å². The van der Waals surface area contributed by atoms with Crippen molar-refractivity contribution in [3.05, 3.63) is 60.2 Å². The summed E-state index contributed by atoms with van der Waals surface area (Å²) in [6, 6.07) is 8.63. The average Bonchev–Trinajstić information content (AvgIpc) is 2.52. The SMILES string of the molecule is C=CC1C2C=C[C@H](Cl)C1c1ccccc12. The molecule has 1 aromatic rings. The Labute approximate surface area is 95.3 Å². The maximum Gasteiger partial charge on any atom is 0.0590 e. The van der Waals surface area contributed by atoms with E-state index in [1.54, 1.807) is 0 Å². The van der Waals surface area contributed by atoms with E-state index in [-0.39, 0.29) is 5.38 Å². The molecule has 2 bridgehead atoms. The molecule has 0 saturated carbocycles. The van der Waals surface area contributed by atoms with Gasteiger partial charge < -0.3 is 0 Å². The van der Waals surface area contributed by atoms with Crippen LogP contribution in [0.1, 0.15) is 23.0 Å². The summed E-state index contributed by atoms with van der Waals surface area (Å²) in [5.41, 5.74) is 2.85. The molecular formula is C14H13Cl. The quantitative estimate of drug-likeness (QED) is 0.494. The molecule has 0 fully saturated rings. The van der Waals surface area contributed by atoms with Gasteiger partial charge in [0.25, 0.3) is 0 Å². The molecule has 0 nitrogen and oxygen atoms in total. The first-order chi connectivity index (χ1) is 7.33. The van der Waals surface area contributed by atoms with E-state index in [1.165, 1.54) is 11.1 Å².